The van der Waals surface area contributed by atoms with Crippen molar-refractivity contribution in [2.75, 3.05) is 0 Å². The lowest BCUT2D eigenvalue weighted by atomic mass is 10.3. The number of hydrogen-bond donors (Lipinski definition) is 1. The Kier molecular flexibility index (Phi) is 2.11. The van der Waals surface area contributed by atoms with E-state index in [9.17, 15) is 0 Å². The Morgan fingerprint density at radius 2 is 2.40 bits per heavy atom. The minimum Gasteiger partial charge on any atom is -0.361 e. The molecule has 0 fully saturated rings. The van der Waals surface area contributed by atoms with Crippen LogP contribution in [0.15, 0.2) is 24.9 Å². The molecule has 52 valence electrons. The summed E-state index contributed by atoms with van der Waals surface area (Å²) in [5, 5.41) is 2.34. The van der Waals surface area contributed by atoms with Gasteiger partial charge in [-0.25, -0.2) is 0 Å². The predicted molar refractivity (Wildman–Crippen MR) is 44.8 cm³/mol. The van der Waals surface area contributed by atoms with Crippen molar-refractivity contribution in [2.45, 2.75) is 6.92 Å². The van der Waals surface area contributed by atoms with E-state index in [4.69, 9.17) is 0 Å². The third-order valence-corrected chi connectivity index (χ3v) is 1.40. The first-order valence-corrected chi connectivity index (χ1v) is 3.31. The summed E-state index contributed by atoms with van der Waals surface area (Å²) in [7, 11) is 0. The van der Waals surface area contributed by atoms with Gasteiger partial charge in [0.05, 0.1) is 0 Å². The van der Waals surface area contributed by atoms with Crippen LogP contribution < -0.4 is 10.6 Å². The fourth-order valence-electron chi connectivity index (χ4n) is 0.917. The molecule has 1 N–H and O–H groups in total. The number of nitrogens with one attached hydrogen (secondary N) is 1. The van der Waals surface area contributed by atoms with Crippen molar-refractivity contribution in [1.82, 2.24) is 4.98 Å². The molecule has 1 rings (SSSR count). The molecule has 1 heteroatoms. The minimum atomic E-state index is 1.15. The quantitative estimate of drug-likeness (QED) is 0.582. The van der Waals surface area contributed by atoms with Gasteiger partial charge in [0, 0.05) is 11.5 Å². The van der Waals surface area contributed by atoms with Crippen LogP contribution in [0.4, 0.5) is 0 Å². The molecule has 0 aliphatic heterocycles. The molecule has 0 aliphatic carbocycles. The standard InChI is InChI=1S/C9H11N/c1-3-5-8-6-7-10-9(8)4-2/h3-7,10H,1H2,2H3. The fourth-order valence-corrected chi connectivity index (χ4v) is 0.917. The van der Waals surface area contributed by atoms with E-state index in [0.717, 1.165) is 5.35 Å². The molecule has 0 atom stereocenters. The number of H-pyrrole nitrogens is 1. The van der Waals surface area contributed by atoms with Gasteiger partial charge in [-0.1, -0.05) is 24.8 Å². The van der Waals surface area contributed by atoms with Gasteiger partial charge in [-0.15, -0.1) is 0 Å². The maximum atomic E-state index is 3.63. The molecule has 10 heavy (non-hydrogen) atoms. The number of aromatic amines is 1. The maximum Gasteiger partial charge on any atom is 0.0410 e. The van der Waals surface area contributed by atoms with E-state index in [-0.39, 0.29) is 0 Å². The first kappa shape index (κ1) is 6.87. The van der Waals surface area contributed by atoms with Gasteiger partial charge in [-0.3, -0.25) is 0 Å². The summed E-state index contributed by atoms with van der Waals surface area (Å²) in [5.41, 5.74) is 0. The Labute approximate surface area is 60.4 Å². The number of aromatic nitrogens is 1. The first-order chi connectivity index (χ1) is 4.88. The van der Waals surface area contributed by atoms with Crippen molar-refractivity contribution < 1.29 is 0 Å². The molecule has 1 aromatic rings. The van der Waals surface area contributed by atoms with Gasteiger partial charge >= 0.3 is 0 Å². The van der Waals surface area contributed by atoms with Crippen molar-refractivity contribution in [1.29, 1.82) is 0 Å². The molecule has 1 heterocycles. The fraction of sp³-hybridized carbons (Fsp3) is 0.111. The Morgan fingerprint density at radius 1 is 1.60 bits per heavy atom. The normalized spacial score (nSPS) is 14.1. The molecule has 0 saturated carbocycles. The lowest BCUT2D eigenvalue weighted by Crippen LogP contribution is -2.20. The average Bonchev–Trinajstić information content (AvgIpc) is 2.36. The predicted octanol–water partition coefficient (Wildman–Crippen LogP) is 0.782. The van der Waals surface area contributed by atoms with Crippen molar-refractivity contribution in [3.05, 3.63) is 35.5 Å². The van der Waals surface area contributed by atoms with Gasteiger partial charge in [0.1, 0.15) is 0 Å². The van der Waals surface area contributed by atoms with E-state index in [0.29, 0.717) is 0 Å². The van der Waals surface area contributed by atoms with Gasteiger partial charge < -0.3 is 4.98 Å². The van der Waals surface area contributed by atoms with Crippen molar-refractivity contribution in [3.8, 4) is 0 Å². The Balaban J connectivity index is 3.41. The summed E-state index contributed by atoms with van der Waals surface area (Å²) in [5.74, 6) is 0. The number of rotatable bonds is 1. The minimum absolute atomic E-state index is 1.15. The molecule has 0 spiro atoms. The second kappa shape index (κ2) is 3.06. The summed E-state index contributed by atoms with van der Waals surface area (Å²) in [4.78, 5) is 3.11. The zero-order valence-electron chi connectivity index (χ0n) is 6.09. The van der Waals surface area contributed by atoms with Crippen LogP contribution in [0.1, 0.15) is 6.92 Å². The van der Waals surface area contributed by atoms with Gasteiger partial charge in [0.2, 0.25) is 0 Å². The van der Waals surface area contributed by atoms with E-state index in [1.165, 1.54) is 5.22 Å². The summed E-state index contributed by atoms with van der Waals surface area (Å²) in [6.45, 7) is 5.63. The highest BCUT2D eigenvalue weighted by atomic mass is 14.6. The van der Waals surface area contributed by atoms with Crippen molar-refractivity contribution in [2.24, 2.45) is 0 Å². The molecule has 0 radical (unpaired) electrons. The first-order valence-electron chi connectivity index (χ1n) is 3.31. The highest BCUT2D eigenvalue weighted by Gasteiger charge is 1.79. The summed E-state index contributed by atoms with van der Waals surface area (Å²) in [6.07, 6.45) is 7.72. The van der Waals surface area contributed by atoms with Gasteiger partial charge in [0.15, 0.2) is 0 Å². The number of hydrogen-bond acceptors (Lipinski definition) is 0. The van der Waals surface area contributed by atoms with Crippen LogP contribution in [0.25, 0.3) is 12.2 Å². The van der Waals surface area contributed by atoms with Crippen LogP contribution in [0.5, 0.6) is 0 Å². The van der Waals surface area contributed by atoms with E-state index in [1.807, 2.05) is 31.3 Å². The third-order valence-electron chi connectivity index (χ3n) is 1.40. The molecule has 0 unspecified atom stereocenters. The second-order valence-corrected chi connectivity index (χ2v) is 2.04. The average molecular weight is 133 g/mol. The molecule has 1 nitrogen and oxygen atoms in total. The van der Waals surface area contributed by atoms with Crippen LogP contribution >= 0.6 is 0 Å². The monoisotopic (exact) mass is 133 g/mol. The van der Waals surface area contributed by atoms with Gasteiger partial charge in [-0.2, -0.15) is 0 Å². The molecular weight excluding hydrogens is 122 g/mol. The molecule has 0 aromatic carbocycles. The molecule has 0 aliphatic rings. The van der Waals surface area contributed by atoms with Gasteiger partial charge in [-0.05, 0) is 18.2 Å². The summed E-state index contributed by atoms with van der Waals surface area (Å²) in [6, 6.07) is 2.02. The van der Waals surface area contributed by atoms with Crippen LogP contribution in [0.2, 0.25) is 0 Å². The van der Waals surface area contributed by atoms with E-state index in [1.54, 1.807) is 6.08 Å². The lowest BCUT2D eigenvalue weighted by Gasteiger charge is -1.74. The number of allylic oxidation sites excluding steroid dienone is 1. The molecule has 1 aromatic heterocycles. The Morgan fingerprint density at radius 3 is 3.00 bits per heavy atom. The second-order valence-electron chi connectivity index (χ2n) is 2.04. The van der Waals surface area contributed by atoms with Crippen LogP contribution in [0, 0.1) is 0 Å². The SMILES string of the molecule is C=CC=c1cc[nH]c1=CC. The smallest absolute Gasteiger partial charge is 0.0410 e. The van der Waals surface area contributed by atoms with E-state index >= 15 is 0 Å². The topological polar surface area (TPSA) is 15.8 Å². The van der Waals surface area contributed by atoms with E-state index < -0.39 is 0 Å². The van der Waals surface area contributed by atoms with Crippen molar-refractivity contribution >= 4 is 12.2 Å². The summed E-state index contributed by atoms with van der Waals surface area (Å²) >= 11 is 0. The van der Waals surface area contributed by atoms with Gasteiger partial charge in [0.25, 0.3) is 0 Å². The largest absolute Gasteiger partial charge is 0.361 e. The van der Waals surface area contributed by atoms with Crippen molar-refractivity contribution in [3.63, 3.8) is 0 Å². The summed E-state index contributed by atoms with van der Waals surface area (Å²) < 4.78 is 0. The van der Waals surface area contributed by atoms with Crippen LogP contribution in [-0.4, -0.2) is 4.98 Å². The molecule has 0 bridgehead atoms. The third kappa shape index (κ3) is 1.18. The Bertz CT molecular complexity index is 317. The maximum absolute atomic E-state index is 3.63. The van der Waals surface area contributed by atoms with Crippen LogP contribution in [0.3, 0.4) is 0 Å². The molecular formula is C9H11N. The lowest BCUT2D eigenvalue weighted by molar-refractivity contribution is 1.31. The highest BCUT2D eigenvalue weighted by Crippen LogP contribution is 1.66. The molecule has 0 saturated heterocycles. The van der Waals surface area contributed by atoms with E-state index in [2.05, 4.69) is 11.6 Å². The molecule has 0 amide bonds. The zero-order chi connectivity index (χ0) is 7.40. The highest BCUT2D eigenvalue weighted by molar-refractivity contribution is 5.36. The Hall–Kier alpha value is -1.24. The van der Waals surface area contributed by atoms with Crippen LogP contribution in [-0.2, 0) is 0 Å². The zero-order valence-corrected chi connectivity index (χ0v) is 6.09.